The fourth-order valence-corrected chi connectivity index (χ4v) is 11.1. The zero-order valence-electron chi connectivity index (χ0n) is 28.6. The molecule has 13 atom stereocenters. The van der Waals surface area contributed by atoms with Crippen molar-refractivity contribution in [3.8, 4) is 0 Å². The molecule has 0 spiro atoms. The monoisotopic (exact) mass is 604 g/mol. The van der Waals surface area contributed by atoms with Crippen LogP contribution in [0.5, 0.6) is 0 Å². The number of methoxy groups -OCH3 is 1. The molecular weight excluding hydrogens is 540 g/mol. The van der Waals surface area contributed by atoms with Gasteiger partial charge in [-0.1, -0.05) is 67.2 Å². The minimum atomic E-state index is -0.585. The lowest BCUT2D eigenvalue weighted by Gasteiger charge is -2.33. The molecule has 6 heteroatoms. The number of carbonyl (C=O) groups excluding carboxylic acids is 1. The molecule has 2 bridgehead atoms. The van der Waals surface area contributed by atoms with Gasteiger partial charge in [-0.15, -0.1) is 0 Å². The molecule has 43 heavy (non-hydrogen) atoms. The van der Waals surface area contributed by atoms with Gasteiger partial charge in [0.2, 0.25) is 0 Å². The molecule has 0 radical (unpaired) electrons. The van der Waals surface area contributed by atoms with Gasteiger partial charge in [0.25, 0.3) is 0 Å². The van der Waals surface area contributed by atoms with Crippen molar-refractivity contribution in [1.82, 2.24) is 0 Å². The third kappa shape index (κ3) is 7.98. The average Bonchev–Trinajstić information content (AvgIpc) is 3.75. The van der Waals surface area contributed by atoms with Crippen molar-refractivity contribution in [1.29, 1.82) is 0 Å². The van der Waals surface area contributed by atoms with Crippen molar-refractivity contribution in [3.63, 3.8) is 0 Å². The van der Waals surface area contributed by atoms with Crippen LogP contribution in [-0.2, 0) is 19.1 Å². The number of fused-ring (bicyclic) bond motifs is 5. The van der Waals surface area contributed by atoms with Crippen LogP contribution in [0.3, 0.4) is 0 Å². The zero-order chi connectivity index (χ0) is 32.1. The third-order valence-electron chi connectivity index (χ3n) is 12.5. The van der Waals surface area contributed by atoms with E-state index in [1.54, 1.807) is 0 Å². The lowest BCUT2D eigenvalue weighted by Crippen LogP contribution is -2.33. The molecular formula is C37H64O6. The van der Waals surface area contributed by atoms with Gasteiger partial charge in [0.05, 0.1) is 24.4 Å². The Morgan fingerprint density at radius 1 is 0.721 bits per heavy atom. The summed E-state index contributed by atoms with van der Waals surface area (Å²) in [5, 5.41) is 18.3. The van der Waals surface area contributed by atoms with Gasteiger partial charge in [0.1, 0.15) is 0 Å². The molecule has 2 N–H and O–H groups in total. The molecule has 5 saturated carbocycles. The topological polar surface area (TPSA) is 101 Å². The number of rotatable bonds is 9. The molecule has 0 aromatic carbocycles. The van der Waals surface area contributed by atoms with Crippen LogP contribution < -0.4 is 0 Å². The van der Waals surface area contributed by atoms with Gasteiger partial charge in [-0.3, -0.25) is 14.4 Å². The number of esters is 1. The summed E-state index contributed by atoms with van der Waals surface area (Å²) in [5.41, 5.74) is -0.218. The Morgan fingerprint density at radius 2 is 1.33 bits per heavy atom. The number of aliphatic carboxylic acids is 2. The van der Waals surface area contributed by atoms with Crippen LogP contribution in [0.25, 0.3) is 0 Å². The first kappa shape index (κ1) is 35.9. The number of carboxylic acids is 2. The van der Waals surface area contributed by atoms with Crippen LogP contribution in [-0.4, -0.2) is 35.2 Å². The van der Waals surface area contributed by atoms with Crippen LogP contribution in [0.1, 0.15) is 132 Å². The Hall–Kier alpha value is -1.59. The first-order chi connectivity index (χ1) is 20.3. The molecule has 0 amide bonds. The van der Waals surface area contributed by atoms with Crippen LogP contribution in [0, 0.1) is 76.4 Å². The molecule has 5 aliphatic rings. The molecule has 5 aliphatic carbocycles. The minimum Gasteiger partial charge on any atom is -0.481 e. The van der Waals surface area contributed by atoms with Crippen molar-refractivity contribution in [2.24, 2.45) is 76.4 Å². The van der Waals surface area contributed by atoms with Gasteiger partial charge in [-0.2, -0.15) is 0 Å². The smallest absolute Gasteiger partial charge is 0.311 e. The highest BCUT2D eigenvalue weighted by molar-refractivity contribution is 5.77. The summed E-state index contributed by atoms with van der Waals surface area (Å²) >= 11 is 0. The van der Waals surface area contributed by atoms with Crippen molar-refractivity contribution in [2.75, 3.05) is 7.11 Å². The van der Waals surface area contributed by atoms with Crippen molar-refractivity contribution in [2.45, 2.75) is 132 Å². The van der Waals surface area contributed by atoms with Gasteiger partial charge in [-0.05, 0) is 124 Å². The average molecular weight is 605 g/mol. The van der Waals surface area contributed by atoms with Crippen molar-refractivity contribution < 1.29 is 29.3 Å². The van der Waals surface area contributed by atoms with Crippen LogP contribution >= 0.6 is 0 Å². The van der Waals surface area contributed by atoms with E-state index < -0.39 is 11.9 Å². The highest BCUT2D eigenvalue weighted by Gasteiger charge is 2.60. The summed E-state index contributed by atoms with van der Waals surface area (Å²) in [6.45, 7) is 15.4. The molecule has 0 aliphatic heterocycles. The van der Waals surface area contributed by atoms with E-state index in [2.05, 4.69) is 48.5 Å². The Bertz CT molecular complexity index is 932. The quantitative estimate of drug-likeness (QED) is 0.255. The molecule has 13 unspecified atom stereocenters. The Balaban J connectivity index is 0.000000180. The number of hydrogen-bond donors (Lipinski definition) is 2. The highest BCUT2D eigenvalue weighted by atomic mass is 16.5. The van der Waals surface area contributed by atoms with Gasteiger partial charge in [0.15, 0.2) is 0 Å². The van der Waals surface area contributed by atoms with E-state index in [1.165, 1.54) is 39.2 Å². The first-order valence-electron chi connectivity index (χ1n) is 17.9. The zero-order valence-corrected chi connectivity index (χ0v) is 28.6. The van der Waals surface area contributed by atoms with Crippen molar-refractivity contribution in [3.05, 3.63) is 0 Å². The van der Waals surface area contributed by atoms with E-state index in [0.717, 1.165) is 81.0 Å². The predicted octanol–water partition coefficient (Wildman–Crippen LogP) is 8.96. The maximum Gasteiger partial charge on any atom is 0.311 e. The molecule has 0 saturated heterocycles. The second-order valence-corrected chi connectivity index (χ2v) is 15.8. The van der Waals surface area contributed by atoms with Gasteiger partial charge >= 0.3 is 17.9 Å². The maximum absolute atomic E-state index is 11.7. The van der Waals surface area contributed by atoms with Crippen LogP contribution in [0.15, 0.2) is 0 Å². The second-order valence-electron chi connectivity index (χ2n) is 15.8. The number of carboxylic acid groups (broad SMARTS) is 2. The Kier molecular flexibility index (Phi) is 13.0. The lowest BCUT2D eigenvalue weighted by atomic mass is 9.71. The van der Waals surface area contributed by atoms with Gasteiger partial charge < -0.3 is 14.9 Å². The number of carbonyl (C=O) groups is 3. The number of ether oxygens (including phenoxy) is 1. The summed E-state index contributed by atoms with van der Waals surface area (Å²) in [6.07, 6.45) is 14.8. The fourth-order valence-electron chi connectivity index (χ4n) is 11.1. The standard InChI is InChI=1S/C15H24O2.C12H22O2.C10H18O2/c1-3-4-9-5-8(2)13-10-6-11(14(9)13)12(7-10)15(16)17;1-5-6-10-7-9(2)8-12(10,3)11(13)14-4;1-3-4-8-5-7(2)6-9(8)10(11)12/h8-14H,3-7H2,1-2H3,(H,16,17);9-10H,5-8H2,1-4H3;7-9H,3-6H2,1-2H3,(H,11,12). The Labute approximate surface area is 262 Å². The largest absolute Gasteiger partial charge is 0.481 e. The summed E-state index contributed by atoms with van der Waals surface area (Å²) in [5.74, 6) is 5.62. The molecule has 5 fully saturated rings. The molecule has 0 aromatic rings. The van der Waals surface area contributed by atoms with Crippen LogP contribution in [0.4, 0.5) is 0 Å². The van der Waals surface area contributed by atoms with Crippen molar-refractivity contribution >= 4 is 17.9 Å². The summed E-state index contributed by atoms with van der Waals surface area (Å²) in [4.78, 5) is 33.9. The van der Waals surface area contributed by atoms with E-state index in [1.807, 2.05) is 0 Å². The van der Waals surface area contributed by atoms with E-state index in [-0.39, 0.29) is 23.2 Å². The van der Waals surface area contributed by atoms with E-state index >= 15 is 0 Å². The molecule has 0 aromatic heterocycles. The lowest BCUT2D eigenvalue weighted by molar-refractivity contribution is -0.154. The molecule has 248 valence electrons. The first-order valence-corrected chi connectivity index (χ1v) is 17.9. The van der Waals surface area contributed by atoms with E-state index in [4.69, 9.17) is 9.84 Å². The van der Waals surface area contributed by atoms with Crippen LogP contribution in [0.2, 0.25) is 0 Å². The molecule has 0 heterocycles. The highest BCUT2D eigenvalue weighted by Crippen LogP contribution is 2.65. The summed E-state index contributed by atoms with van der Waals surface area (Å²) in [6, 6.07) is 0. The SMILES string of the molecule is CCCC1CC(C)C2C3CC(C(=O)O)C(C3)C12.CCCC1CC(C)CC1(C)C(=O)OC.CCCC1CC(C)CC1C(=O)O. The minimum absolute atomic E-state index is 0.00842. The number of hydrogen-bond acceptors (Lipinski definition) is 4. The Morgan fingerprint density at radius 3 is 1.88 bits per heavy atom. The summed E-state index contributed by atoms with van der Waals surface area (Å²) < 4.78 is 4.92. The van der Waals surface area contributed by atoms with E-state index in [9.17, 15) is 19.5 Å². The van der Waals surface area contributed by atoms with E-state index in [0.29, 0.717) is 29.6 Å². The van der Waals surface area contributed by atoms with Gasteiger partial charge in [-0.25, -0.2) is 0 Å². The molecule has 5 rings (SSSR count). The fraction of sp³-hybridized carbons (Fsp3) is 0.919. The summed E-state index contributed by atoms with van der Waals surface area (Å²) in [7, 11) is 1.50. The normalized spacial score (nSPS) is 42.4. The third-order valence-corrected chi connectivity index (χ3v) is 12.5. The van der Waals surface area contributed by atoms with Gasteiger partial charge in [0, 0.05) is 0 Å². The molecule has 6 nitrogen and oxygen atoms in total. The predicted molar refractivity (Wildman–Crippen MR) is 171 cm³/mol. The second kappa shape index (κ2) is 15.6. The maximum atomic E-state index is 11.7.